The van der Waals surface area contributed by atoms with Crippen molar-refractivity contribution in [3.8, 4) is 5.75 Å². The van der Waals surface area contributed by atoms with Crippen LogP contribution in [0.3, 0.4) is 0 Å². The van der Waals surface area contributed by atoms with Crippen molar-refractivity contribution in [2.75, 3.05) is 0 Å². The fourth-order valence-corrected chi connectivity index (χ4v) is 2.74. The number of amides is 1. The zero-order valence-electron chi connectivity index (χ0n) is 17.0. The third kappa shape index (κ3) is 5.10. The number of carbonyl (C=O) groups excluding carboxylic acids is 1. The Morgan fingerprint density at radius 1 is 0.962 bits per heavy atom. The van der Waals surface area contributed by atoms with E-state index in [9.17, 15) is 4.79 Å². The predicted octanol–water partition coefficient (Wildman–Crippen LogP) is 5.25. The van der Waals surface area contributed by atoms with Crippen LogP contribution in [0.15, 0.2) is 42.5 Å². The van der Waals surface area contributed by atoms with Gasteiger partial charge >= 0.3 is 0 Å². The average Bonchev–Trinajstić information content (AvgIpc) is 2.56. The molecule has 0 radical (unpaired) electrons. The van der Waals surface area contributed by atoms with E-state index in [2.05, 4.69) is 70.3 Å². The quantitative estimate of drug-likeness (QED) is 0.798. The van der Waals surface area contributed by atoms with E-state index in [0.29, 0.717) is 5.75 Å². The van der Waals surface area contributed by atoms with Gasteiger partial charge in [-0.25, -0.2) is 0 Å². The van der Waals surface area contributed by atoms with Crippen molar-refractivity contribution in [1.29, 1.82) is 0 Å². The van der Waals surface area contributed by atoms with Crippen molar-refractivity contribution >= 4 is 5.91 Å². The lowest BCUT2D eigenvalue weighted by Gasteiger charge is -2.21. The molecule has 0 heterocycles. The fourth-order valence-electron chi connectivity index (χ4n) is 2.74. The van der Waals surface area contributed by atoms with E-state index < -0.39 is 6.10 Å². The minimum Gasteiger partial charge on any atom is -0.481 e. The first kappa shape index (κ1) is 20.0. The van der Waals surface area contributed by atoms with E-state index in [-0.39, 0.29) is 17.4 Å². The van der Waals surface area contributed by atoms with Crippen LogP contribution in [-0.4, -0.2) is 12.0 Å². The predicted molar refractivity (Wildman–Crippen MR) is 108 cm³/mol. The molecule has 2 atom stereocenters. The Morgan fingerprint density at radius 3 is 2.12 bits per heavy atom. The highest BCUT2D eigenvalue weighted by atomic mass is 16.5. The molecule has 3 nitrogen and oxygen atoms in total. The van der Waals surface area contributed by atoms with E-state index in [1.54, 1.807) is 6.92 Å². The Kier molecular flexibility index (Phi) is 6.12. The molecule has 0 spiro atoms. The number of ether oxygens (including phenoxy) is 1. The van der Waals surface area contributed by atoms with Gasteiger partial charge in [-0.1, -0.05) is 51.1 Å². The van der Waals surface area contributed by atoms with Crippen LogP contribution >= 0.6 is 0 Å². The second kappa shape index (κ2) is 7.94. The number of nitrogens with one attached hydrogen (secondary N) is 1. The summed E-state index contributed by atoms with van der Waals surface area (Å²) in [4.78, 5) is 12.5. The molecule has 2 rings (SSSR count). The van der Waals surface area contributed by atoms with Gasteiger partial charge in [-0.15, -0.1) is 0 Å². The Morgan fingerprint density at radius 2 is 1.58 bits per heavy atom. The number of carbonyl (C=O) groups is 1. The van der Waals surface area contributed by atoms with Gasteiger partial charge in [0.25, 0.3) is 5.91 Å². The number of benzene rings is 2. The maximum atomic E-state index is 12.5. The second-order valence-corrected chi connectivity index (χ2v) is 8.11. The molecule has 0 unspecified atom stereocenters. The van der Waals surface area contributed by atoms with Gasteiger partial charge in [0.2, 0.25) is 0 Å². The molecule has 26 heavy (non-hydrogen) atoms. The van der Waals surface area contributed by atoms with E-state index in [1.807, 2.05) is 19.1 Å². The van der Waals surface area contributed by atoms with Crippen LogP contribution in [0.5, 0.6) is 5.75 Å². The van der Waals surface area contributed by atoms with Crippen LogP contribution in [0.2, 0.25) is 0 Å². The number of hydrogen-bond donors (Lipinski definition) is 1. The third-order valence-electron chi connectivity index (χ3n) is 4.79. The number of aryl methyl sites for hydroxylation is 2. The SMILES string of the molecule is Cc1ccc([C@@H](C)NC(=O)[C@H](C)Oc2ccc(C(C)(C)C)cc2)cc1C. The molecule has 0 aliphatic carbocycles. The van der Waals surface area contributed by atoms with Crippen molar-refractivity contribution in [3.63, 3.8) is 0 Å². The van der Waals surface area contributed by atoms with Gasteiger partial charge in [-0.05, 0) is 67.5 Å². The van der Waals surface area contributed by atoms with Gasteiger partial charge in [0, 0.05) is 0 Å². The monoisotopic (exact) mass is 353 g/mol. The molecule has 0 aliphatic rings. The average molecular weight is 354 g/mol. The maximum Gasteiger partial charge on any atom is 0.261 e. The van der Waals surface area contributed by atoms with Gasteiger partial charge in [0.05, 0.1) is 6.04 Å². The van der Waals surface area contributed by atoms with Crippen LogP contribution in [0.1, 0.15) is 62.9 Å². The van der Waals surface area contributed by atoms with Gasteiger partial charge < -0.3 is 10.1 Å². The van der Waals surface area contributed by atoms with E-state index in [1.165, 1.54) is 16.7 Å². The summed E-state index contributed by atoms with van der Waals surface area (Å²) in [5, 5.41) is 3.03. The molecule has 0 saturated carbocycles. The zero-order chi connectivity index (χ0) is 19.5. The minimum atomic E-state index is -0.551. The van der Waals surface area contributed by atoms with Crippen molar-refractivity contribution in [2.24, 2.45) is 0 Å². The summed E-state index contributed by atoms with van der Waals surface area (Å²) < 4.78 is 5.81. The molecule has 1 amide bonds. The summed E-state index contributed by atoms with van der Waals surface area (Å²) in [5.74, 6) is 0.593. The highest BCUT2D eigenvalue weighted by Crippen LogP contribution is 2.25. The molecule has 0 bridgehead atoms. The lowest BCUT2D eigenvalue weighted by Crippen LogP contribution is -2.37. The Labute approximate surface area is 157 Å². The summed E-state index contributed by atoms with van der Waals surface area (Å²) in [5.41, 5.74) is 4.92. The van der Waals surface area contributed by atoms with Crippen molar-refractivity contribution < 1.29 is 9.53 Å². The summed E-state index contributed by atoms with van der Waals surface area (Å²) in [7, 11) is 0. The van der Waals surface area contributed by atoms with E-state index in [4.69, 9.17) is 4.74 Å². The zero-order valence-corrected chi connectivity index (χ0v) is 17.0. The van der Waals surface area contributed by atoms with Crippen LogP contribution in [0.4, 0.5) is 0 Å². The summed E-state index contributed by atoms with van der Waals surface area (Å²) in [6.45, 7) is 14.5. The number of rotatable bonds is 5. The van der Waals surface area contributed by atoms with Crippen LogP contribution in [0.25, 0.3) is 0 Å². The molecule has 2 aromatic carbocycles. The van der Waals surface area contributed by atoms with E-state index >= 15 is 0 Å². The molecule has 2 aromatic rings. The Balaban J connectivity index is 1.97. The third-order valence-corrected chi connectivity index (χ3v) is 4.79. The van der Waals surface area contributed by atoms with Gasteiger partial charge in [-0.2, -0.15) is 0 Å². The topological polar surface area (TPSA) is 38.3 Å². The van der Waals surface area contributed by atoms with Crippen LogP contribution in [-0.2, 0) is 10.2 Å². The lowest BCUT2D eigenvalue weighted by atomic mass is 9.87. The fraction of sp³-hybridized carbons (Fsp3) is 0.435. The van der Waals surface area contributed by atoms with Crippen molar-refractivity contribution in [3.05, 3.63) is 64.7 Å². The molecule has 0 fully saturated rings. The highest BCUT2D eigenvalue weighted by molar-refractivity contribution is 5.81. The maximum absolute atomic E-state index is 12.5. The molecule has 140 valence electrons. The molecule has 0 aliphatic heterocycles. The summed E-state index contributed by atoms with van der Waals surface area (Å²) in [6.07, 6.45) is -0.551. The summed E-state index contributed by atoms with van der Waals surface area (Å²) in [6, 6.07) is 14.2. The lowest BCUT2D eigenvalue weighted by molar-refractivity contribution is -0.127. The normalized spacial score (nSPS) is 13.8. The van der Waals surface area contributed by atoms with Crippen LogP contribution in [0, 0.1) is 13.8 Å². The Hall–Kier alpha value is -2.29. The first-order valence-electron chi connectivity index (χ1n) is 9.22. The molecular weight excluding hydrogens is 322 g/mol. The summed E-state index contributed by atoms with van der Waals surface area (Å²) >= 11 is 0. The van der Waals surface area contributed by atoms with Crippen molar-refractivity contribution in [1.82, 2.24) is 5.32 Å². The van der Waals surface area contributed by atoms with Gasteiger partial charge in [0.15, 0.2) is 6.10 Å². The standard InChI is InChI=1S/C23H31NO2/c1-15-8-9-19(14-16(15)2)17(3)24-22(25)18(4)26-21-12-10-20(11-13-21)23(5,6)7/h8-14,17-18H,1-7H3,(H,24,25)/t17-,18+/m1/s1. The Bertz CT molecular complexity index is 757. The molecular formula is C23H31NO2. The highest BCUT2D eigenvalue weighted by Gasteiger charge is 2.19. The molecule has 0 aromatic heterocycles. The molecule has 0 saturated heterocycles. The largest absolute Gasteiger partial charge is 0.481 e. The van der Waals surface area contributed by atoms with Gasteiger partial charge in [0.1, 0.15) is 5.75 Å². The van der Waals surface area contributed by atoms with E-state index in [0.717, 1.165) is 5.56 Å². The first-order chi connectivity index (χ1) is 12.1. The van der Waals surface area contributed by atoms with Gasteiger partial charge in [-0.3, -0.25) is 4.79 Å². The molecule has 3 heteroatoms. The smallest absolute Gasteiger partial charge is 0.261 e. The first-order valence-corrected chi connectivity index (χ1v) is 9.22. The number of hydrogen-bond acceptors (Lipinski definition) is 2. The molecule has 1 N–H and O–H groups in total. The van der Waals surface area contributed by atoms with Crippen LogP contribution < -0.4 is 10.1 Å². The van der Waals surface area contributed by atoms with Crippen molar-refractivity contribution in [2.45, 2.75) is 66.0 Å². The second-order valence-electron chi connectivity index (χ2n) is 8.11. The minimum absolute atomic E-state index is 0.0592.